The summed E-state index contributed by atoms with van der Waals surface area (Å²) in [4.78, 5) is 11.1. The Bertz CT molecular complexity index is 813. The zero-order valence-electron chi connectivity index (χ0n) is 14.2. The highest BCUT2D eigenvalue weighted by molar-refractivity contribution is 5.21. The van der Waals surface area contributed by atoms with E-state index in [-0.39, 0.29) is 6.04 Å². The highest BCUT2D eigenvalue weighted by Crippen LogP contribution is 2.28. The molecule has 126 valence electrons. The van der Waals surface area contributed by atoms with Crippen molar-refractivity contribution in [2.75, 3.05) is 6.54 Å². The molecule has 0 aliphatic carbocycles. The summed E-state index contributed by atoms with van der Waals surface area (Å²) in [6.07, 6.45) is 5.24. The Labute approximate surface area is 140 Å². The van der Waals surface area contributed by atoms with E-state index >= 15 is 0 Å². The third-order valence-electron chi connectivity index (χ3n) is 4.83. The summed E-state index contributed by atoms with van der Waals surface area (Å²) in [5.41, 5.74) is 3.32. The van der Waals surface area contributed by atoms with Crippen LogP contribution >= 0.6 is 0 Å². The van der Waals surface area contributed by atoms with Gasteiger partial charge in [-0.1, -0.05) is 5.16 Å². The normalized spacial score (nSPS) is 18.0. The molecule has 0 amide bonds. The van der Waals surface area contributed by atoms with Crippen LogP contribution < -0.4 is 0 Å². The average Bonchev–Trinajstić information content (AvgIpc) is 3.28. The second-order valence-electron chi connectivity index (χ2n) is 6.30. The summed E-state index contributed by atoms with van der Waals surface area (Å²) < 4.78 is 9.42. The predicted molar refractivity (Wildman–Crippen MR) is 86.2 cm³/mol. The van der Waals surface area contributed by atoms with Gasteiger partial charge in [-0.2, -0.15) is 5.10 Å². The summed E-state index contributed by atoms with van der Waals surface area (Å²) >= 11 is 0. The van der Waals surface area contributed by atoms with E-state index in [0.717, 1.165) is 36.9 Å². The minimum absolute atomic E-state index is 0.247. The number of imidazole rings is 1. The fraction of sp³-hybridized carbons (Fsp3) is 0.500. The monoisotopic (exact) mass is 327 g/mol. The number of rotatable bonds is 4. The fourth-order valence-corrected chi connectivity index (χ4v) is 3.36. The van der Waals surface area contributed by atoms with Gasteiger partial charge in [0.25, 0.3) is 0 Å². The first kappa shape index (κ1) is 15.1. The quantitative estimate of drug-likeness (QED) is 0.726. The first-order valence-corrected chi connectivity index (χ1v) is 8.16. The average molecular weight is 327 g/mol. The largest absolute Gasteiger partial charge is 0.361 e. The summed E-state index contributed by atoms with van der Waals surface area (Å²) in [6, 6.07) is 0.247. The Kier molecular flexibility index (Phi) is 3.68. The van der Waals surface area contributed by atoms with Crippen LogP contribution in [0.2, 0.25) is 0 Å². The molecular formula is C16H21N7O. The third kappa shape index (κ3) is 2.52. The van der Waals surface area contributed by atoms with Gasteiger partial charge in [-0.05, 0) is 20.8 Å². The van der Waals surface area contributed by atoms with Crippen molar-refractivity contribution in [2.24, 2.45) is 0 Å². The van der Waals surface area contributed by atoms with E-state index in [1.807, 2.05) is 24.7 Å². The SMILES string of the molecule is Cc1noc(C)c1CN1CCn2c(Cn3cncn3)cnc2[C@@H]1C. The first-order chi connectivity index (χ1) is 11.6. The number of aryl methyl sites for hydroxylation is 2. The number of hydrogen-bond acceptors (Lipinski definition) is 6. The van der Waals surface area contributed by atoms with Crippen LogP contribution in [-0.4, -0.2) is 40.9 Å². The van der Waals surface area contributed by atoms with Gasteiger partial charge in [0, 0.05) is 25.2 Å². The van der Waals surface area contributed by atoms with Gasteiger partial charge in [0.1, 0.15) is 24.2 Å². The molecule has 4 heterocycles. The Balaban J connectivity index is 1.55. The van der Waals surface area contributed by atoms with Gasteiger partial charge >= 0.3 is 0 Å². The fourth-order valence-electron chi connectivity index (χ4n) is 3.36. The Hall–Kier alpha value is -2.48. The molecule has 0 bridgehead atoms. The number of fused-ring (bicyclic) bond motifs is 1. The standard InChI is InChI=1S/C16H21N7O/c1-11-15(13(3)24-20-11)8-21-4-5-23-14(6-18-16(23)12(21)2)7-22-10-17-9-19-22/h6,9-10,12H,4-5,7-8H2,1-3H3/t12-/m0/s1. The Morgan fingerprint density at radius 1 is 1.25 bits per heavy atom. The smallest absolute Gasteiger partial charge is 0.138 e. The molecule has 8 nitrogen and oxygen atoms in total. The van der Waals surface area contributed by atoms with Gasteiger partial charge in [-0.15, -0.1) is 0 Å². The lowest BCUT2D eigenvalue weighted by Crippen LogP contribution is -2.37. The second-order valence-corrected chi connectivity index (χ2v) is 6.30. The highest BCUT2D eigenvalue weighted by Gasteiger charge is 2.28. The minimum atomic E-state index is 0.247. The van der Waals surface area contributed by atoms with Crippen LogP contribution in [0, 0.1) is 13.8 Å². The van der Waals surface area contributed by atoms with Gasteiger partial charge in [-0.25, -0.2) is 14.6 Å². The van der Waals surface area contributed by atoms with E-state index in [1.165, 1.54) is 11.3 Å². The maximum Gasteiger partial charge on any atom is 0.138 e. The van der Waals surface area contributed by atoms with Gasteiger partial charge in [-0.3, -0.25) is 4.90 Å². The molecule has 0 radical (unpaired) electrons. The van der Waals surface area contributed by atoms with E-state index in [4.69, 9.17) is 4.52 Å². The van der Waals surface area contributed by atoms with Gasteiger partial charge in [0.15, 0.2) is 0 Å². The first-order valence-electron chi connectivity index (χ1n) is 8.16. The lowest BCUT2D eigenvalue weighted by Gasteiger charge is -2.34. The van der Waals surface area contributed by atoms with Crippen LogP contribution in [0.4, 0.5) is 0 Å². The minimum Gasteiger partial charge on any atom is -0.361 e. The van der Waals surface area contributed by atoms with Crippen LogP contribution in [0.25, 0.3) is 0 Å². The molecule has 24 heavy (non-hydrogen) atoms. The van der Waals surface area contributed by atoms with E-state index in [0.29, 0.717) is 6.54 Å². The molecule has 0 fully saturated rings. The summed E-state index contributed by atoms with van der Waals surface area (Å²) in [6.45, 7) is 9.61. The molecule has 0 unspecified atom stereocenters. The molecule has 1 atom stereocenters. The van der Waals surface area contributed by atoms with Crippen molar-refractivity contribution in [3.05, 3.63) is 47.4 Å². The molecule has 3 aromatic heterocycles. The Morgan fingerprint density at radius 2 is 2.12 bits per heavy atom. The van der Waals surface area contributed by atoms with Crippen molar-refractivity contribution in [1.29, 1.82) is 0 Å². The van der Waals surface area contributed by atoms with Crippen LogP contribution in [0.1, 0.15) is 41.5 Å². The topological polar surface area (TPSA) is 77.8 Å². The third-order valence-corrected chi connectivity index (χ3v) is 4.83. The van der Waals surface area contributed by atoms with E-state index in [9.17, 15) is 0 Å². The van der Waals surface area contributed by atoms with Crippen LogP contribution in [0.15, 0.2) is 23.4 Å². The van der Waals surface area contributed by atoms with Crippen molar-refractivity contribution in [3.8, 4) is 0 Å². The molecule has 8 heteroatoms. The molecule has 1 aliphatic rings. The molecule has 1 aliphatic heterocycles. The summed E-state index contributed by atoms with van der Waals surface area (Å²) in [5.74, 6) is 2.00. The van der Waals surface area contributed by atoms with Crippen molar-refractivity contribution in [2.45, 2.75) is 46.4 Å². The summed E-state index contributed by atoms with van der Waals surface area (Å²) in [5, 5.41) is 8.24. The van der Waals surface area contributed by atoms with E-state index in [2.05, 4.69) is 36.6 Å². The molecule has 4 rings (SSSR count). The molecule has 0 saturated heterocycles. The Morgan fingerprint density at radius 3 is 2.83 bits per heavy atom. The lowest BCUT2D eigenvalue weighted by atomic mass is 10.1. The van der Waals surface area contributed by atoms with Crippen molar-refractivity contribution in [1.82, 2.24) is 34.4 Å². The van der Waals surface area contributed by atoms with Crippen molar-refractivity contribution >= 4 is 0 Å². The van der Waals surface area contributed by atoms with Crippen molar-refractivity contribution < 1.29 is 4.52 Å². The molecule has 0 aromatic carbocycles. The molecule has 3 aromatic rings. The highest BCUT2D eigenvalue weighted by atomic mass is 16.5. The van der Waals surface area contributed by atoms with Gasteiger partial charge in [0.2, 0.25) is 0 Å². The molecule has 0 spiro atoms. The molecule has 0 saturated carbocycles. The van der Waals surface area contributed by atoms with Crippen LogP contribution in [0.5, 0.6) is 0 Å². The van der Waals surface area contributed by atoms with E-state index < -0.39 is 0 Å². The van der Waals surface area contributed by atoms with Crippen LogP contribution in [0.3, 0.4) is 0 Å². The van der Waals surface area contributed by atoms with Crippen molar-refractivity contribution in [3.63, 3.8) is 0 Å². The lowest BCUT2D eigenvalue weighted by molar-refractivity contribution is 0.154. The number of hydrogen-bond donors (Lipinski definition) is 0. The van der Waals surface area contributed by atoms with Crippen LogP contribution in [-0.2, 0) is 19.6 Å². The number of nitrogens with zero attached hydrogens (tertiary/aromatic N) is 7. The zero-order valence-corrected chi connectivity index (χ0v) is 14.2. The maximum absolute atomic E-state index is 5.29. The summed E-state index contributed by atoms with van der Waals surface area (Å²) in [7, 11) is 0. The van der Waals surface area contributed by atoms with E-state index in [1.54, 1.807) is 12.7 Å². The molecule has 0 N–H and O–H groups in total. The molecular weight excluding hydrogens is 306 g/mol. The predicted octanol–water partition coefficient (Wildman–Crippen LogP) is 1.70. The second kappa shape index (κ2) is 5.86. The van der Waals surface area contributed by atoms with Gasteiger partial charge in [0.05, 0.1) is 30.2 Å². The zero-order chi connectivity index (χ0) is 16.7. The number of aromatic nitrogens is 6. The van der Waals surface area contributed by atoms with Gasteiger partial charge < -0.3 is 9.09 Å². The maximum atomic E-state index is 5.29.